The number of hydrogen-bond donors (Lipinski definition) is 2. The molecule has 0 saturated carbocycles. The second-order valence-electron chi connectivity index (χ2n) is 6.59. The molecule has 0 radical (unpaired) electrons. The first-order valence-corrected chi connectivity index (χ1v) is 8.74. The van der Waals surface area contributed by atoms with Crippen molar-refractivity contribution in [3.05, 3.63) is 22.7 Å². The third-order valence-electron chi connectivity index (χ3n) is 3.03. The van der Waals surface area contributed by atoms with E-state index in [1.807, 2.05) is 33.8 Å². The van der Waals surface area contributed by atoms with E-state index in [1.54, 1.807) is 6.07 Å². The summed E-state index contributed by atoms with van der Waals surface area (Å²) in [4.78, 5) is 11.9. The lowest BCUT2D eigenvalue weighted by Gasteiger charge is -2.21. The van der Waals surface area contributed by atoms with Crippen LogP contribution < -0.4 is 20.1 Å². The van der Waals surface area contributed by atoms with Crippen LogP contribution >= 0.6 is 11.6 Å². The molecular weight excluding hydrogens is 328 g/mol. The highest BCUT2D eigenvalue weighted by atomic mass is 35.5. The van der Waals surface area contributed by atoms with Gasteiger partial charge in [-0.1, -0.05) is 18.5 Å². The number of carbonyl (C=O) groups excluding carboxylic acids is 1. The van der Waals surface area contributed by atoms with Crippen LogP contribution in [0.1, 0.15) is 46.6 Å². The van der Waals surface area contributed by atoms with E-state index in [-0.39, 0.29) is 18.1 Å². The van der Waals surface area contributed by atoms with Gasteiger partial charge in [-0.3, -0.25) is 4.79 Å². The number of ether oxygens (including phenoxy) is 2. The molecule has 0 aliphatic rings. The average molecular weight is 357 g/mol. The molecular formula is C18H29ClN2O3. The van der Waals surface area contributed by atoms with Gasteiger partial charge in [-0.2, -0.15) is 0 Å². The number of hydrogen-bond acceptors (Lipinski definition) is 4. The smallest absolute Gasteiger partial charge is 0.258 e. The Labute approximate surface area is 150 Å². The minimum absolute atomic E-state index is 0.0822. The summed E-state index contributed by atoms with van der Waals surface area (Å²) in [7, 11) is 0. The van der Waals surface area contributed by atoms with Crippen molar-refractivity contribution in [1.82, 2.24) is 10.6 Å². The van der Waals surface area contributed by atoms with E-state index in [0.717, 1.165) is 18.5 Å². The highest BCUT2D eigenvalue weighted by Crippen LogP contribution is 2.33. The zero-order valence-corrected chi connectivity index (χ0v) is 16.0. The van der Waals surface area contributed by atoms with Gasteiger partial charge in [0.2, 0.25) is 0 Å². The van der Waals surface area contributed by atoms with E-state index in [2.05, 4.69) is 17.6 Å². The largest absolute Gasteiger partial charge is 0.490 e. The van der Waals surface area contributed by atoms with Crippen LogP contribution in [0.2, 0.25) is 5.02 Å². The monoisotopic (exact) mass is 356 g/mol. The molecule has 0 spiro atoms. The fraction of sp³-hybridized carbons (Fsp3) is 0.611. The summed E-state index contributed by atoms with van der Waals surface area (Å²) in [6.07, 6.45) is 1.06. The van der Waals surface area contributed by atoms with Gasteiger partial charge in [-0.25, -0.2) is 0 Å². The normalized spacial score (nSPS) is 11.2. The van der Waals surface area contributed by atoms with E-state index >= 15 is 0 Å². The Bertz CT molecular complexity index is 542. The van der Waals surface area contributed by atoms with Crippen molar-refractivity contribution in [3.63, 3.8) is 0 Å². The molecule has 0 heterocycles. The number of amides is 1. The minimum Gasteiger partial charge on any atom is -0.490 e. The van der Waals surface area contributed by atoms with E-state index in [0.29, 0.717) is 29.7 Å². The van der Waals surface area contributed by atoms with Crippen LogP contribution in [-0.4, -0.2) is 31.2 Å². The second-order valence-corrected chi connectivity index (χ2v) is 6.99. The lowest BCUT2D eigenvalue weighted by Crippen LogP contribution is -2.43. The van der Waals surface area contributed by atoms with Gasteiger partial charge in [0.1, 0.15) is 0 Å². The number of halogens is 1. The molecule has 2 N–H and O–H groups in total. The van der Waals surface area contributed by atoms with Crippen LogP contribution in [0.25, 0.3) is 0 Å². The Hall–Kier alpha value is -1.46. The fourth-order valence-corrected chi connectivity index (χ4v) is 2.31. The van der Waals surface area contributed by atoms with Gasteiger partial charge in [-0.05, 0) is 52.3 Å². The predicted molar refractivity (Wildman–Crippen MR) is 98.0 cm³/mol. The van der Waals surface area contributed by atoms with Crippen molar-refractivity contribution in [3.8, 4) is 11.5 Å². The molecule has 1 aromatic carbocycles. The minimum atomic E-state index is -0.296. The summed E-state index contributed by atoms with van der Waals surface area (Å²) in [5.41, 5.74) is 0.649. The Morgan fingerprint density at radius 2 is 1.83 bits per heavy atom. The van der Waals surface area contributed by atoms with Crippen LogP contribution in [0.15, 0.2) is 12.1 Å². The molecule has 0 unspecified atom stereocenters. The first-order valence-electron chi connectivity index (χ1n) is 8.36. The molecule has 6 heteroatoms. The van der Waals surface area contributed by atoms with Crippen LogP contribution in [0.5, 0.6) is 11.5 Å². The summed E-state index contributed by atoms with van der Waals surface area (Å²) >= 11 is 6.33. The van der Waals surface area contributed by atoms with Crippen LogP contribution in [0, 0.1) is 0 Å². The number of benzene rings is 1. The van der Waals surface area contributed by atoms with Crippen molar-refractivity contribution in [1.29, 1.82) is 0 Å². The Kier molecular flexibility index (Phi) is 8.36. The third-order valence-corrected chi connectivity index (χ3v) is 3.38. The Morgan fingerprint density at radius 1 is 1.17 bits per heavy atom. The molecule has 0 aliphatic carbocycles. The second kappa shape index (κ2) is 9.74. The van der Waals surface area contributed by atoms with E-state index in [1.165, 1.54) is 0 Å². The molecule has 24 heavy (non-hydrogen) atoms. The summed E-state index contributed by atoms with van der Waals surface area (Å²) in [5, 5.41) is 6.76. The van der Waals surface area contributed by atoms with Gasteiger partial charge in [0.15, 0.2) is 18.1 Å². The standard InChI is InChI=1S/C18H29ClN2O3/c1-6-8-20-11-13-9-15(23-7-2)16(10-14(13)19)24-12-17(22)21-18(3,4)5/h9-10,20H,6-8,11-12H2,1-5H3,(H,21,22). The molecule has 0 aliphatic heterocycles. The molecule has 1 aromatic rings. The number of rotatable bonds is 9. The van der Waals surface area contributed by atoms with Crippen molar-refractivity contribution in [2.24, 2.45) is 0 Å². The van der Waals surface area contributed by atoms with Crippen LogP contribution in [0.4, 0.5) is 0 Å². The van der Waals surface area contributed by atoms with Crippen LogP contribution in [-0.2, 0) is 11.3 Å². The molecule has 0 atom stereocenters. The predicted octanol–water partition coefficient (Wildman–Crippen LogP) is 3.53. The summed E-state index contributed by atoms with van der Waals surface area (Å²) in [6.45, 7) is 11.8. The lowest BCUT2D eigenvalue weighted by atomic mass is 10.1. The summed E-state index contributed by atoms with van der Waals surface area (Å²) in [6, 6.07) is 3.57. The molecule has 5 nitrogen and oxygen atoms in total. The maximum atomic E-state index is 11.9. The molecule has 136 valence electrons. The summed E-state index contributed by atoms with van der Waals surface area (Å²) in [5.74, 6) is 0.888. The van der Waals surface area contributed by atoms with Crippen LogP contribution in [0.3, 0.4) is 0 Å². The van der Waals surface area contributed by atoms with E-state index in [9.17, 15) is 4.79 Å². The lowest BCUT2D eigenvalue weighted by molar-refractivity contribution is -0.124. The first kappa shape index (κ1) is 20.6. The van der Waals surface area contributed by atoms with Gasteiger partial charge < -0.3 is 20.1 Å². The number of nitrogens with one attached hydrogen (secondary N) is 2. The molecule has 0 bridgehead atoms. The zero-order valence-electron chi connectivity index (χ0n) is 15.3. The average Bonchev–Trinajstić information content (AvgIpc) is 2.47. The summed E-state index contributed by atoms with van der Waals surface area (Å²) < 4.78 is 11.2. The molecule has 0 fully saturated rings. The third kappa shape index (κ3) is 7.41. The Balaban J connectivity index is 2.81. The first-order chi connectivity index (χ1) is 11.3. The molecule has 1 amide bonds. The van der Waals surface area contributed by atoms with Gasteiger partial charge in [0.05, 0.1) is 6.61 Å². The van der Waals surface area contributed by atoms with Gasteiger partial charge >= 0.3 is 0 Å². The highest BCUT2D eigenvalue weighted by Gasteiger charge is 2.16. The topological polar surface area (TPSA) is 59.6 Å². The zero-order chi connectivity index (χ0) is 18.2. The fourth-order valence-electron chi connectivity index (χ4n) is 2.09. The Morgan fingerprint density at radius 3 is 2.42 bits per heavy atom. The highest BCUT2D eigenvalue weighted by molar-refractivity contribution is 6.31. The quantitative estimate of drug-likeness (QED) is 0.664. The van der Waals surface area contributed by atoms with E-state index < -0.39 is 0 Å². The maximum absolute atomic E-state index is 11.9. The van der Waals surface area contributed by atoms with Crippen molar-refractivity contribution >= 4 is 17.5 Å². The van der Waals surface area contributed by atoms with Gasteiger partial charge in [-0.15, -0.1) is 0 Å². The van der Waals surface area contributed by atoms with Crippen molar-refractivity contribution in [2.75, 3.05) is 19.8 Å². The molecule has 1 rings (SSSR count). The maximum Gasteiger partial charge on any atom is 0.258 e. The molecule has 0 saturated heterocycles. The van der Waals surface area contributed by atoms with Crippen molar-refractivity contribution in [2.45, 2.75) is 53.1 Å². The SMILES string of the molecule is CCCNCc1cc(OCC)c(OCC(=O)NC(C)(C)C)cc1Cl. The van der Waals surface area contributed by atoms with Gasteiger partial charge in [0.25, 0.3) is 5.91 Å². The van der Waals surface area contributed by atoms with Gasteiger partial charge in [0, 0.05) is 23.2 Å². The number of carbonyl (C=O) groups is 1. The molecule has 0 aromatic heterocycles. The van der Waals surface area contributed by atoms with E-state index in [4.69, 9.17) is 21.1 Å². The van der Waals surface area contributed by atoms with Crippen molar-refractivity contribution < 1.29 is 14.3 Å².